The number of carbonyl (C=O) groups is 1. The van der Waals surface area contributed by atoms with Crippen molar-refractivity contribution in [3.05, 3.63) is 59.5 Å². The van der Waals surface area contributed by atoms with Crippen molar-refractivity contribution in [2.24, 2.45) is 0 Å². The molecule has 0 aliphatic heterocycles. The highest BCUT2D eigenvalue weighted by Crippen LogP contribution is 2.09. The summed E-state index contributed by atoms with van der Waals surface area (Å²) in [6.45, 7) is 2.05. The normalized spacial score (nSPS) is 10.3. The van der Waals surface area contributed by atoms with Crippen LogP contribution in [0.3, 0.4) is 0 Å². The van der Waals surface area contributed by atoms with Gasteiger partial charge in [-0.15, -0.1) is 0 Å². The highest BCUT2D eigenvalue weighted by molar-refractivity contribution is 5.89. The van der Waals surface area contributed by atoms with Gasteiger partial charge in [0.2, 0.25) is 5.91 Å². The lowest BCUT2D eigenvalue weighted by atomic mass is 10.1. The van der Waals surface area contributed by atoms with Crippen molar-refractivity contribution in [2.75, 3.05) is 5.32 Å². The highest BCUT2D eigenvalue weighted by atomic mass is 19.1. The molecular formula is C16H17FN2O. The van der Waals surface area contributed by atoms with Crippen LogP contribution in [0.5, 0.6) is 0 Å². The molecule has 0 unspecified atom stereocenters. The summed E-state index contributed by atoms with van der Waals surface area (Å²) in [5.41, 5.74) is 2.46. The number of rotatable bonds is 5. The van der Waals surface area contributed by atoms with Gasteiger partial charge >= 0.3 is 0 Å². The summed E-state index contributed by atoms with van der Waals surface area (Å²) in [6.07, 6.45) is 3.15. The molecule has 1 N–H and O–H groups in total. The third kappa shape index (κ3) is 4.46. The van der Waals surface area contributed by atoms with Gasteiger partial charge in [0.25, 0.3) is 0 Å². The van der Waals surface area contributed by atoms with Crippen LogP contribution in [0.2, 0.25) is 0 Å². The molecule has 0 spiro atoms. The molecule has 0 radical (unpaired) electrons. The Morgan fingerprint density at radius 3 is 2.60 bits per heavy atom. The number of aryl methyl sites for hydroxylation is 2. The van der Waals surface area contributed by atoms with Gasteiger partial charge in [-0.2, -0.15) is 0 Å². The molecule has 4 heteroatoms. The van der Waals surface area contributed by atoms with Crippen molar-refractivity contribution >= 4 is 11.7 Å². The largest absolute Gasteiger partial charge is 0.311 e. The smallest absolute Gasteiger partial charge is 0.225 e. The van der Waals surface area contributed by atoms with Gasteiger partial charge in [0.1, 0.15) is 11.6 Å². The fraction of sp³-hybridized carbons (Fsp3) is 0.250. The number of aromatic nitrogens is 1. The maximum absolute atomic E-state index is 12.7. The Morgan fingerprint density at radius 2 is 1.95 bits per heavy atom. The zero-order valence-corrected chi connectivity index (χ0v) is 11.4. The molecule has 104 valence electrons. The second kappa shape index (κ2) is 6.80. The maximum atomic E-state index is 12.7. The lowest BCUT2D eigenvalue weighted by Crippen LogP contribution is -2.12. The second-order valence-corrected chi connectivity index (χ2v) is 4.75. The first kappa shape index (κ1) is 14.2. The van der Waals surface area contributed by atoms with Gasteiger partial charge in [0.15, 0.2) is 0 Å². The molecule has 1 heterocycles. The lowest BCUT2D eigenvalue weighted by Gasteiger charge is -2.04. The van der Waals surface area contributed by atoms with Crippen LogP contribution in [0.25, 0.3) is 0 Å². The predicted molar refractivity (Wildman–Crippen MR) is 76.9 cm³/mol. The minimum atomic E-state index is -0.414. The summed E-state index contributed by atoms with van der Waals surface area (Å²) in [4.78, 5) is 15.5. The zero-order chi connectivity index (χ0) is 14.4. The quantitative estimate of drug-likeness (QED) is 0.905. The molecule has 3 nitrogen and oxygen atoms in total. The fourth-order valence-corrected chi connectivity index (χ4v) is 1.86. The zero-order valence-electron chi connectivity index (χ0n) is 11.4. The van der Waals surface area contributed by atoms with Crippen LogP contribution in [0, 0.1) is 12.7 Å². The number of hydrogen-bond acceptors (Lipinski definition) is 2. The van der Waals surface area contributed by atoms with Crippen LogP contribution in [0.4, 0.5) is 10.2 Å². The van der Waals surface area contributed by atoms with Crippen molar-refractivity contribution in [1.29, 1.82) is 0 Å². The summed E-state index contributed by atoms with van der Waals surface area (Å²) in [5.74, 6) is -0.134. The third-order valence-electron chi connectivity index (χ3n) is 2.98. The fourth-order valence-electron chi connectivity index (χ4n) is 1.86. The number of nitrogens with zero attached hydrogens (tertiary/aromatic N) is 1. The molecule has 1 amide bonds. The summed E-state index contributed by atoms with van der Waals surface area (Å²) in [6, 6.07) is 11.0. The summed E-state index contributed by atoms with van der Waals surface area (Å²) < 4.78 is 12.7. The molecule has 0 bridgehead atoms. The van der Waals surface area contributed by atoms with E-state index in [4.69, 9.17) is 0 Å². The SMILES string of the molecule is Cc1ccc(CCCC(=O)Nc2ccc(F)cn2)cc1. The average molecular weight is 272 g/mol. The van der Waals surface area contributed by atoms with E-state index < -0.39 is 5.82 Å². The van der Waals surface area contributed by atoms with E-state index in [0.717, 1.165) is 19.0 Å². The number of anilines is 1. The van der Waals surface area contributed by atoms with Gasteiger partial charge in [0, 0.05) is 6.42 Å². The van der Waals surface area contributed by atoms with E-state index in [1.807, 2.05) is 6.92 Å². The maximum Gasteiger partial charge on any atom is 0.225 e. The van der Waals surface area contributed by atoms with Gasteiger partial charge in [-0.25, -0.2) is 9.37 Å². The van der Waals surface area contributed by atoms with Crippen LogP contribution >= 0.6 is 0 Å². The molecule has 1 aromatic heterocycles. The molecular weight excluding hydrogens is 255 g/mol. The summed E-state index contributed by atoms with van der Waals surface area (Å²) in [5, 5.41) is 2.65. The molecule has 20 heavy (non-hydrogen) atoms. The minimum absolute atomic E-state index is 0.101. The Morgan fingerprint density at radius 1 is 1.20 bits per heavy atom. The Balaban J connectivity index is 1.75. The van der Waals surface area contributed by atoms with E-state index in [1.165, 1.54) is 23.3 Å². The second-order valence-electron chi connectivity index (χ2n) is 4.75. The van der Waals surface area contributed by atoms with Crippen molar-refractivity contribution in [3.63, 3.8) is 0 Å². The summed E-state index contributed by atoms with van der Waals surface area (Å²) in [7, 11) is 0. The topological polar surface area (TPSA) is 42.0 Å². The van der Waals surface area contributed by atoms with Crippen molar-refractivity contribution in [3.8, 4) is 0 Å². The first-order valence-electron chi connectivity index (χ1n) is 6.60. The number of carbonyl (C=O) groups excluding carboxylic acids is 1. The minimum Gasteiger partial charge on any atom is -0.311 e. The number of benzene rings is 1. The Bertz CT molecular complexity index is 564. The van der Waals surface area contributed by atoms with E-state index in [2.05, 4.69) is 34.6 Å². The number of nitrogens with one attached hydrogen (secondary N) is 1. The molecule has 0 aliphatic carbocycles. The van der Waals surface area contributed by atoms with E-state index >= 15 is 0 Å². The Hall–Kier alpha value is -2.23. The Labute approximate surface area is 117 Å². The van der Waals surface area contributed by atoms with Crippen LogP contribution in [0.1, 0.15) is 24.0 Å². The third-order valence-corrected chi connectivity index (χ3v) is 2.98. The monoisotopic (exact) mass is 272 g/mol. The van der Waals surface area contributed by atoms with Gasteiger partial charge in [0.05, 0.1) is 6.20 Å². The molecule has 0 saturated carbocycles. The lowest BCUT2D eigenvalue weighted by molar-refractivity contribution is -0.116. The average Bonchev–Trinajstić information content (AvgIpc) is 2.44. The van der Waals surface area contributed by atoms with E-state index in [1.54, 1.807) is 0 Å². The number of pyridine rings is 1. The highest BCUT2D eigenvalue weighted by Gasteiger charge is 2.03. The Kier molecular flexibility index (Phi) is 4.82. The molecule has 2 aromatic rings. The summed E-state index contributed by atoms with van der Waals surface area (Å²) >= 11 is 0. The molecule has 1 aromatic carbocycles. The number of amides is 1. The van der Waals surface area contributed by atoms with Crippen LogP contribution in [-0.2, 0) is 11.2 Å². The molecule has 2 rings (SSSR count). The van der Waals surface area contributed by atoms with Crippen molar-refractivity contribution < 1.29 is 9.18 Å². The van der Waals surface area contributed by atoms with Crippen molar-refractivity contribution in [1.82, 2.24) is 4.98 Å². The van der Waals surface area contributed by atoms with E-state index in [9.17, 15) is 9.18 Å². The standard InChI is InChI=1S/C16H17FN2O/c1-12-5-7-13(8-6-12)3-2-4-16(20)19-15-10-9-14(17)11-18-15/h5-11H,2-4H2,1H3,(H,18,19,20). The molecule has 0 fully saturated rings. The first-order valence-corrected chi connectivity index (χ1v) is 6.60. The van der Waals surface area contributed by atoms with Crippen LogP contribution < -0.4 is 5.32 Å². The van der Waals surface area contributed by atoms with E-state index in [0.29, 0.717) is 12.2 Å². The van der Waals surface area contributed by atoms with Crippen LogP contribution in [0.15, 0.2) is 42.6 Å². The van der Waals surface area contributed by atoms with Crippen LogP contribution in [-0.4, -0.2) is 10.9 Å². The molecule has 0 saturated heterocycles. The van der Waals surface area contributed by atoms with E-state index in [-0.39, 0.29) is 5.91 Å². The van der Waals surface area contributed by atoms with Gasteiger partial charge in [-0.3, -0.25) is 4.79 Å². The first-order chi connectivity index (χ1) is 9.63. The number of halogens is 1. The number of hydrogen-bond donors (Lipinski definition) is 1. The van der Waals surface area contributed by atoms with Crippen molar-refractivity contribution in [2.45, 2.75) is 26.2 Å². The molecule has 0 aliphatic rings. The predicted octanol–water partition coefficient (Wildman–Crippen LogP) is 3.49. The molecule has 0 atom stereocenters. The van der Waals surface area contributed by atoms with Gasteiger partial charge in [-0.05, 0) is 37.5 Å². The van der Waals surface area contributed by atoms with Gasteiger partial charge < -0.3 is 5.32 Å². The van der Waals surface area contributed by atoms with Gasteiger partial charge in [-0.1, -0.05) is 29.8 Å².